The van der Waals surface area contributed by atoms with Gasteiger partial charge in [-0.1, -0.05) is 30.3 Å². The zero-order chi connectivity index (χ0) is 16.2. The van der Waals surface area contributed by atoms with E-state index in [-0.39, 0.29) is 18.2 Å². The third kappa shape index (κ3) is 3.40. The Bertz CT molecular complexity index is 831. The average Bonchev–Trinajstić information content (AvgIpc) is 3.23. The average molecular weight is 308 g/mol. The Kier molecular flexibility index (Phi) is 4.10. The summed E-state index contributed by atoms with van der Waals surface area (Å²) in [4.78, 5) is 26.1. The molecule has 5 heteroatoms. The van der Waals surface area contributed by atoms with Crippen molar-refractivity contribution in [3.8, 4) is 11.3 Å². The van der Waals surface area contributed by atoms with Crippen molar-refractivity contribution in [2.24, 2.45) is 0 Å². The highest BCUT2D eigenvalue weighted by atomic mass is 16.3. The maximum atomic E-state index is 12.0. The zero-order valence-electron chi connectivity index (χ0n) is 12.6. The van der Waals surface area contributed by atoms with Gasteiger partial charge in [-0.15, -0.1) is 0 Å². The van der Waals surface area contributed by atoms with E-state index in [1.165, 1.54) is 19.2 Å². The molecule has 1 amide bonds. The first-order valence-electron chi connectivity index (χ1n) is 7.25. The number of carbonyl (C=O) groups excluding carboxylic acids is 2. The summed E-state index contributed by atoms with van der Waals surface area (Å²) < 4.78 is 5.72. The molecule has 0 radical (unpaired) electrons. The quantitative estimate of drug-likeness (QED) is 0.709. The van der Waals surface area contributed by atoms with Crippen LogP contribution in [0.15, 0.2) is 59.1 Å². The van der Waals surface area contributed by atoms with E-state index in [1.807, 2.05) is 42.5 Å². The fourth-order valence-corrected chi connectivity index (χ4v) is 2.22. The van der Waals surface area contributed by atoms with Gasteiger partial charge in [-0.2, -0.15) is 0 Å². The third-order valence-corrected chi connectivity index (χ3v) is 3.48. The molecule has 0 aliphatic carbocycles. The molecule has 0 aliphatic rings. The number of nitrogens with one attached hydrogen (secondary N) is 2. The summed E-state index contributed by atoms with van der Waals surface area (Å²) in [6, 6.07) is 15.0. The minimum atomic E-state index is -0.282. The standard InChI is InChI=1S/C18H16N2O3/c1-12(21)14-9-16(19-10-14)18(22)20-11-15-7-8-17(23-15)13-5-3-2-4-6-13/h2-10,19H,11H2,1H3,(H,20,22). The Hall–Kier alpha value is -3.08. The number of H-pyrrole nitrogens is 1. The van der Waals surface area contributed by atoms with Crippen LogP contribution >= 0.6 is 0 Å². The van der Waals surface area contributed by atoms with Gasteiger partial charge in [0, 0.05) is 17.3 Å². The summed E-state index contributed by atoms with van der Waals surface area (Å²) in [5.74, 6) is 1.05. The number of hydrogen-bond acceptors (Lipinski definition) is 3. The molecular formula is C18H16N2O3. The van der Waals surface area contributed by atoms with Gasteiger partial charge in [-0.3, -0.25) is 9.59 Å². The van der Waals surface area contributed by atoms with Gasteiger partial charge in [0.1, 0.15) is 17.2 Å². The number of amides is 1. The monoisotopic (exact) mass is 308 g/mol. The Balaban J connectivity index is 1.63. The number of carbonyl (C=O) groups is 2. The highest BCUT2D eigenvalue weighted by Crippen LogP contribution is 2.21. The van der Waals surface area contributed by atoms with E-state index >= 15 is 0 Å². The van der Waals surface area contributed by atoms with E-state index in [9.17, 15) is 9.59 Å². The summed E-state index contributed by atoms with van der Waals surface area (Å²) in [6.07, 6.45) is 1.53. The molecular weight excluding hydrogens is 292 g/mol. The van der Waals surface area contributed by atoms with Gasteiger partial charge in [0.05, 0.1) is 6.54 Å². The normalized spacial score (nSPS) is 10.5. The van der Waals surface area contributed by atoms with Gasteiger partial charge in [0.15, 0.2) is 5.78 Å². The fraction of sp³-hybridized carbons (Fsp3) is 0.111. The number of aromatic nitrogens is 1. The van der Waals surface area contributed by atoms with E-state index in [4.69, 9.17) is 4.42 Å². The van der Waals surface area contributed by atoms with Crippen molar-refractivity contribution in [2.45, 2.75) is 13.5 Å². The predicted molar refractivity (Wildman–Crippen MR) is 86.1 cm³/mol. The first-order chi connectivity index (χ1) is 11.1. The summed E-state index contributed by atoms with van der Waals surface area (Å²) in [6.45, 7) is 1.74. The second kappa shape index (κ2) is 6.36. The van der Waals surface area contributed by atoms with E-state index in [0.717, 1.165) is 11.3 Å². The van der Waals surface area contributed by atoms with Crippen molar-refractivity contribution in [3.05, 3.63) is 71.7 Å². The van der Waals surface area contributed by atoms with Crippen LogP contribution in [0.3, 0.4) is 0 Å². The second-order valence-electron chi connectivity index (χ2n) is 5.17. The molecule has 2 heterocycles. The second-order valence-corrected chi connectivity index (χ2v) is 5.17. The van der Waals surface area contributed by atoms with Crippen molar-refractivity contribution >= 4 is 11.7 Å². The molecule has 5 nitrogen and oxygen atoms in total. The molecule has 1 aromatic carbocycles. The van der Waals surface area contributed by atoms with Gasteiger partial charge in [0.25, 0.3) is 5.91 Å². The molecule has 0 saturated heterocycles. The van der Waals surface area contributed by atoms with Gasteiger partial charge < -0.3 is 14.7 Å². The molecule has 2 N–H and O–H groups in total. The van der Waals surface area contributed by atoms with Crippen LogP contribution in [0.2, 0.25) is 0 Å². The van der Waals surface area contributed by atoms with E-state index in [0.29, 0.717) is 17.0 Å². The Morgan fingerprint density at radius 1 is 1.13 bits per heavy atom. The minimum absolute atomic E-state index is 0.0844. The predicted octanol–water partition coefficient (Wildman–Crippen LogP) is 3.41. The number of aromatic amines is 1. The van der Waals surface area contributed by atoms with Crippen LogP contribution in [0.1, 0.15) is 33.5 Å². The molecule has 0 aliphatic heterocycles. The summed E-state index contributed by atoms with van der Waals surface area (Å²) in [5, 5.41) is 2.76. The third-order valence-electron chi connectivity index (χ3n) is 3.48. The maximum absolute atomic E-state index is 12.0. The topological polar surface area (TPSA) is 75.1 Å². The van der Waals surface area contributed by atoms with Crippen molar-refractivity contribution in [3.63, 3.8) is 0 Å². The summed E-state index contributed by atoms with van der Waals surface area (Å²) in [7, 11) is 0. The summed E-state index contributed by atoms with van der Waals surface area (Å²) in [5.41, 5.74) is 1.82. The van der Waals surface area contributed by atoms with Crippen molar-refractivity contribution in [1.29, 1.82) is 0 Å². The zero-order valence-corrected chi connectivity index (χ0v) is 12.6. The van der Waals surface area contributed by atoms with E-state index in [1.54, 1.807) is 0 Å². The highest BCUT2D eigenvalue weighted by Gasteiger charge is 2.11. The molecule has 0 spiro atoms. The van der Waals surface area contributed by atoms with Crippen LogP contribution in [0, 0.1) is 0 Å². The molecule has 116 valence electrons. The number of ketones is 1. The number of furan rings is 1. The van der Waals surface area contributed by atoms with Crippen molar-refractivity contribution < 1.29 is 14.0 Å². The fourth-order valence-electron chi connectivity index (χ4n) is 2.22. The van der Waals surface area contributed by atoms with Crippen molar-refractivity contribution in [1.82, 2.24) is 10.3 Å². The SMILES string of the molecule is CC(=O)c1c[nH]c(C(=O)NCc2ccc(-c3ccccc3)o2)c1. The first-order valence-corrected chi connectivity index (χ1v) is 7.25. The van der Waals surface area contributed by atoms with Gasteiger partial charge >= 0.3 is 0 Å². The molecule has 2 aromatic heterocycles. The molecule has 3 aromatic rings. The minimum Gasteiger partial charge on any atom is -0.459 e. The molecule has 0 saturated carbocycles. The van der Waals surface area contributed by atoms with Gasteiger partial charge in [-0.05, 0) is 25.1 Å². The van der Waals surface area contributed by atoms with Crippen LogP contribution in [-0.2, 0) is 6.54 Å². The Morgan fingerprint density at radius 2 is 1.91 bits per heavy atom. The summed E-state index contributed by atoms with van der Waals surface area (Å²) >= 11 is 0. The highest BCUT2D eigenvalue weighted by molar-refractivity contribution is 5.99. The first kappa shape index (κ1) is 14.8. The maximum Gasteiger partial charge on any atom is 0.268 e. The van der Waals surface area contributed by atoms with Crippen LogP contribution in [-0.4, -0.2) is 16.7 Å². The number of Topliss-reactive ketones (excluding diaryl/α,β-unsaturated/α-hetero) is 1. The lowest BCUT2D eigenvalue weighted by Crippen LogP contribution is -2.22. The van der Waals surface area contributed by atoms with E-state index < -0.39 is 0 Å². The van der Waals surface area contributed by atoms with Crippen LogP contribution < -0.4 is 5.32 Å². The molecule has 23 heavy (non-hydrogen) atoms. The number of rotatable bonds is 5. The van der Waals surface area contributed by atoms with Crippen LogP contribution in [0.25, 0.3) is 11.3 Å². The van der Waals surface area contributed by atoms with Gasteiger partial charge in [0.2, 0.25) is 0 Å². The molecule has 0 fully saturated rings. The lowest BCUT2D eigenvalue weighted by Gasteiger charge is -2.01. The van der Waals surface area contributed by atoms with Gasteiger partial charge in [-0.25, -0.2) is 0 Å². The van der Waals surface area contributed by atoms with Crippen LogP contribution in [0.4, 0.5) is 0 Å². The molecule has 0 unspecified atom stereocenters. The van der Waals surface area contributed by atoms with E-state index in [2.05, 4.69) is 10.3 Å². The number of benzene rings is 1. The smallest absolute Gasteiger partial charge is 0.268 e. The van der Waals surface area contributed by atoms with Crippen molar-refractivity contribution in [2.75, 3.05) is 0 Å². The lowest BCUT2D eigenvalue weighted by molar-refractivity contribution is 0.0943. The Morgan fingerprint density at radius 3 is 2.61 bits per heavy atom. The molecule has 0 atom stereocenters. The largest absolute Gasteiger partial charge is 0.459 e. The molecule has 0 bridgehead atoms. The number of hydrogen-bond donors (Lipinski definition) is 2. The van der Waals surface area contributed by atoms with Crippen LogP contribution in [0.5, 0.6) is 0 Å². The lowest BCUT2D eigenvalue weighted by atomic mass is 10.2. The molecule has 3 rings (SSSR count). The Labute approximate surface area is 133 Å².